The molecule has 12 nitrogen and oxygen atoms in total. The molecule has 1 aromatic heterocycles. The maximum Gasteiger partial charge on any atom is 0.436 e. The van der Waals surface area contributed by atoms with E-state index in [0.717, 1.165) is 30.9 Å². The average Bonchev–Trinajstić information content (AvgIpc) is 3.31. The number of piperazine rings is 1. The van der Waals surface area contributed by atoms with Crippen LogP contribution in [-0.2, 0) is 16.8 Å². The Bertz CT molecular complexity index is 1130. The first kappa shape index (κ1) is 23.6. The summed E-state index contributed by atoms with van der Waals surface area (Å²) in [4.78, 5) is 41.3. The number of amides is 1. The summed E-state index contributed by atoms with van der Waals surface area (Å²) in [5.74, 6) is -0.552. The van der Waals surface area contributed by atoms with Crippen LogP contribution < -0.4 is 15.5 Å². The second-order valence-electron chi connectivity index (χ2n) is 8.97. The number of carbonyl (C=O) groups is 2. The van der Waals surface area contributed by atoms with Gasteiger partial charge in [-0.05, 0) is 40.0 Å². The molecule has 2 aliphatic heterocycles. The predicted molar refractivity (Wildman–Crippen MR) is 125 cm³/mol. The maximum absolute atomic E-state index is 13.2. The zero-order valence-electron chi connectivity index (χ0n) is 19.8. The fraction of sp³-hybridized carbons (Fsp3) is 0.500. The second-order valence-corrected chi connectivity index (χ2v) is 8.97. The predicted octanol–water partition coefficient (Wildman–Crippen LogP) is 2.14. The van der Waals surface area contributed by atoms with Crippen LogP contribution in [0.1, 0.15) is 42.4 Å². The van der Waals surface area contributed by atoms with Gasteiger partial charge in [-0.3, -0.25) is 14.9 Å². The molecule has 1 aromatic carbocycles. The van der Waals surface area contributed by atoms with Crippen molar-refractivity contribution in [1.82, 2.24) is 20.0 Å². The number of benzene rings is 1. The molecule has 4 rings (SSSR count). The Morgan fingerprint density at radius 3 is 2.62 bits per heavy atom. The van der Waals surface area contributed by atoms with Crippen molar-refractivity contribution >= 4 is 29.2 Å². The van der Waals surface area contributed by atoms with Crippen LogP contribution in [0.2, 0.25) is 0 Å². The number of nitrogens with zero attached hydrogens (tertiary/aromatic N) is 5. The molecular weight excluding hydrogens is 442 g/mol. The fourth-order valence-electron chi connectivity index (χ4n) is 4.26. The summed E-state index contributed by atoms with van der Waals surface area (Å²) in [5.41, 5.74) is 1.03. The lowest BCUT2D eigenvalue weighted by Crippen LogP contribution is -2.44. The summed E-state index contributed by atoms with van der Waals surface area (Å²) >= 11 is 0. The van der Waals surface area contributed by atoms with Gasteiger partial charge in [0.2, 0.25) is 0 Å². The number of fused-ring (bicyclic) bond motifs is 1. The third-order valence-corrected chi connectivity index (χ3v) is 6.25. The highest BCUT2D eigenvalue weighted by atomic mass is 16.6. The van der Waals surface area contributed by atoms with Gasteiger partial charge < -0.3 is 25.2 Å². The molecule has 12 heteroatoms. The number of likely N-dealkylation sites (N-methyl/N-ethyl adjacent to an activating group) is 1. The standard InChI is InChI=1S/C22H29N7O5/c1-5-34-21(31)28-19(16-13-23-22(2,3)18(16)25-28)24-20(30)15-7-6-14(12-17(15)29(32)33)27-10-8-26(4)9-11-27/h6-7,12,23H,5,8-11,13H2,1-4H3,(H,24,30). The van der Waals surface area contributed by atoms with Crippen molar-refractivity contribution in [3.05, 3.63) is 45.1 Å². The van der Waals surface area contributed by atoms with Crippen molar-refractivity contribution in [3.8, 4) is 0 Å². The zero-order valence-corrected chi connectivity index (χ0v) is 19.8. The first-order valence-corrected chi connectivity index (χ1v) is 11.2. The molecule has 0 aliphatic carbocycles. The second kappa shape index (κ2) is 9.03. The van der Waals surface area contributed by atoms with Crippen molar-refractivity contribution in [3.63, 3.8) is 0 Å². The average molecular weight is 472 g/mol. The van der Waals surface area contributed by atoms with Gasteiger partial charge in [-0.2, -0.15) is 5.10 Å². The molecule has 2 aliphatic rings. The van der Waals surface area contributed by atoms with Crippen molar-refractivity contribution in [1.29, 1.82) is 0 Å². The highest BCUT2D eigenvalue weighted by Gasteiger charge is 2.38. The van der Waals surface area contributed by atoms with E-state index in [1.165, 1.54) is 12.1 Å². The van der Waals surface area contributed by atoms with E-state index in [9.17, 15) is 19.7 Å². The number of hydrogen-bond donors (Lipinski definition) is 2. The summed E-state index contributed by atoms with van der Waals surface area (Å²) in [5, 5.41) is 22.2. The topological polar surface area (TPSA) is 135 Å². The van der Waals surface area contributed by atoms with E-state index in [0.29, 0.717) is 23.5 Å². The first-order chi connectivity index (χ1) is 16.1. The molecule has 1 saturated heterocycles. The van der Waals surface area contributed by atoms with Crippen LogP contribution in [0.25, 0.3) is 0 Å². The van der Waals surface area contributed by atoms with Crippen LogP contribution >= 0.6 is 0 Å². The Hall–Kier alpha value is -3.51. The zero-order chi connectivity index (χ0) is 24.6. The number of ether oxygens (including phenoxy) is 1. The highest BCUT2D eigenvalue weighted by molar-refractivity contribution is 6.08. The lowest BCUT2D eigenvalue weighted by molar-refractivity contribution is -0.385. The minimum Gasteiger partial charge on any atom is -0.448 e. The summed E-state index contributed by atoms with van der Waals surface area (Å²) < 4.78 is 6.10. The smallest absolute Gasteiger partial charge is 0.436 e. The number of nitro benzene ring substituents is 1. The monoisotopic (exact) mass is 471 g/mol. The van der Waals surface area contributed by atoms with E-state index in [2.05, 4.69) is 25.5 Å². The van der Waals surface area contributed by atoms with Crippen LogP contribution in [0.5, 0.6) is 0 Å². The van der Waals surface area contributed by atoms with Crippen LogP contribution in [0.15, 0.2) is 18.2 Å². The van der Waals surface area contributed by atoms with Gasteiger partial charge in [0.1, 0.15) is 11.4 Å². The van der Waals surface area contributed by atoms with Gasteiger partial charge in [-0.25, -0.2) is 4.79 Å². The number of carbonyl (C=O) groups excluding carboxylic acids is 2. The van der Waals surface area contributed by atoms with Crippen LogP contribution in [-0.4, -0.2) is 71.4 Å². The van der Waals surface area contributed by atoms with E-state index in [4.69, 9.17) is 4.74 Å². The van der Waals surface area contributed by atoms with Crippen molar-refractivity contribution in [2.45, 2.75) is 32.9 Å². The molecule has 0 spiro atoms. The Morgan fingerprint density at radius 1 is 1.26 bits per heavy atom. The lowest BCUT2D eigenvalue weighted by atomic mass is 10.0. The largest absolute Gasteiger partial charge is 0.448 e. The minimum absolute atomic E-state index is 0.0987. The molecule has 1 fully saturated rings. The third kappa shape index (κ3) is 4.33. The van der Waals surface area contributed by atoms with Gasteiger partial charge in [0.15, 0.2) is 0 Å². The van der Waals surface area contributed by atoms with Crippen LogP contribution in [0.4, 0.5) is 22.0 Å². The quantitative estimate of drug-likeness (QED) is 0.497. The number of nitrogens with one attached hydrogen (secondary N) is 2. The Balaban J connectivity index is 1.66. The minimum atomic E-state index is -0.733. The van der Waals surface area contributed by atoms with Gasteiger partial charge in [-0.1, -0.05) is 0 Å². The highest BCUT2D eigenvalue weighted by Crippen LogP contribution is 2.35. The molecule has 2 aromatic rings. The number of nitro groups is 1. The molecule has 0 unspecified atom stereocenters. The summed E-state index contributed by atoms with van der Waals surface area (Å²) in [6.45, 7) is 9.19. The van der Waals surface area contributed by atoms with Crippen molar-refractivity contribution < 1.29 is 19.2 Å². The Labute approximate surface area is 197 Å². The molecule has 3 heterocycles. The van der Waals surface area contributed by atoms with Gasteiger partial charge in [-0.15, -0.1) is 4.68 Å². The molecule has 0 atom stereocenters. The number of anilines is 2. The molecule has 2 N–H and O–H groups in total. The molecule has 0 bridgehead atoms. The first-order valence-electron chi connectivity index (χ1n) is 11.2. The van der Waals surface area contributed by atoms with Crippen LogP contribution in [0, 0.1) is 10.1 Å². The number of hydrogen-bond acceptors (Lipinski definition) is 9. The van der Waals surface area contributed by atoms with E-state index in [1.807, 2.05) is 20.9 Å². The summed E-state index contributed by atoms with van der Waals surface area (Å²) in [6, 6.07) is 4.59. The van der Waals surface area contributed by atoms with E-state index in [-0.39, 0.29) is 23.7 Å². The normalized spacial score (nSPS) is 17.4. The van der Waals surface area contributed by atoms with Gasteiger partial charge in [0.05, 0.1) is 22.8 Å². The van der Waals surface area contributed by atoms with Crippen molar-refractivity contribution in [2.24, 2.45) is 0 Å². The summed E-state index contributed by atoms with van der Waals surface area (Å²) in [6.07, 6.45) is -0.733. The molecule has 0 radical (unpaired) electrons. The van der Waals surface area contributed by atoms with E-state index >= 15 is 0 Å². The SMILES string of the molecule is CCOC(=O)n1nc2c(c1NC(=O)c1ccc(N3CCN(C)CC3)cc1[N+](=O)[O-])CNC2(C)C. The maximum atomic E-state index is 13.2. The Morgan fingerprint density at radius 2 is 1.97 bits per heavy atom. The molecule has 0 saturated carbocycles. The number of rotatable bonds is 5. The van der Waals surface area contributed by atoms with E-state index in [1.54, 1.807) is 13.0 Å². The van der Waals surface area contributed by atoms with Crippen LogP contribution in [0.3, 0.4) is 0 Å². The molecule has 1 amide bonds. The van der Waals surface area contributed by atoms with E-state index < -0.39 is 22.5 Å². The van der Waals surface area contributed by atoms with Crippen molar-refractivity contribution in [2.75, 3.05) is 50.1 Å². The molecule has 34 heavy (non-hydrogen) atoms. The molecule has 182 valence electrons. The molecular formula is C22H29N7O5. The summed E-state index contributed by atoms with van der Waals surface area (Å²) in [7, 11) is 2.03. The third-order valence-electron chi connectivity index (χ3n) is 6.25. The van der Waals surface area contributed by atoms with Gasteiger partial charge >= 0.3 is 6.09 Å². The van der Waals surface area contributed by atoms with Gasteiger partial charge in [0.25, 0.3) is 11.6 Å². The van der Waals surface area contributed by atoms with Gasteiger partial charge in [0, 0.05) is 50.0 Å². The lowest BCUT2D eigenvalue weighted by Gasteiger charge is -2.34. The number of aromatic nitrogens is 2. The fourth-order valence-corrected chi connectivity index (χ4v) is 4.26. The Kier molecular flexibility index (Phi) is 6.28.